The molecule has 21 heavy (non-hydrogen) atoms. The molecule has 2 aliphatic heterocycles. The van der Waals surface area contributed by atoms with Gasteiger partial charge in [0, 0.05) is 6.42 Å². The quantitative estimate of drug-likeness (QED) is 0.767. The first-order valence-electron chi connectivity index (χ1n) is 6.54. The van der Waals surface area contributed by atoms with Crippen molar-refractivity contribution in [1.29, 1.82) is 0 Å². The summed E-state index contributed by atoms with van der Waals surface area (Å²) < 4.78 is 26.0. The van der Waals surface area contributed by atoms with E-state index in [-0.39, 0.29) is 12.2 Å². The Morgan fingerprint density at radius 3 is 2.71 bits per heavy atom. The van der Waals surface area contributed by atoms with Crippen LogP contribution < -0.4 is 14.2 Å². The van der Waals surface area contributed by atoms with Crippen molar-refractivity contribution in [2.24, 2.45) is 0 Å². The summed E-state index contributed by atoms with van der Waals surface area (Å²) >= 11 is 0. The first-order valence-corrected chi connectivity index (χ1v) is 6.54. The molecule has 3 rings (SSSR count). The Bertz CT molecular complexity index is 564. The lowest BCUT2D eigenvalue weighted by Gasteiger charge is -2.21. The fourth-order valence-electron chi connectivity index (χ4n) is 2.17. The molecule has 0 aliphatic carbocycles. The van der Waals surface area contributed by atoms with Crippen LogP contribution in [0.4, 0.5) is 0 Å². The van der Waals surface area contributed by atoms with Gasteiger partial charge in [-0.05, 0) is 12.1 Å². The largest absolute Gasteiger partial charge is 0.493 e. The van der Waals surface area contributed by atoms with Crippen molar-refractivity contribution in [2.45, 2.75) is 12.5 Å². The van der Waals surface area contributed by atoms with Gasteiger partial charge >= 0.3 is 11.9 Å². The van der Waals surface area contributed by atoms with Gasteiger partial charge in [0.1, 0.15) is 13.2 Å². The van der Waals surface area contributed by atoms with E-state index in [0.29, 0.717) is 36.9 Å². The lowest BCUT2D eigenvalue weighted by atomic mass is 10.1. The van der Waals surface area contributed by atoms with Crippen LogP contribution in [-0.2, 0) is 14.3 Å². The number of hydrogen-bond donors (Lipinski definition) is 0. The zero-order valence-electron chi connectivity index (χ0n) is 11.4. The van der Waals surface area contributed by atoms with Crippen molar-refractivity contribution >= 4 is 11.9 Å². The Hall–Kier alpha value is -2.44. The third kappa shape index (κ3) is 2.58. The average Bonchev–Trinajstić information content (AvgIpc) is 2.91. The van der Waals surface area contributed by atoms with Crippen molar-refractivity contribution in [1.82, 2.24) is 0 Å². The number of fused-ring (bicyclic) bond motifs is 1. The predicted molar refractivity (Wildman–Crippen MR) is 68.8 cm³/mol. The highest BCUT2D eigenvalue weighted by Gasteiger charge is 2.31. The summed E-state index contributed by atoms with van der Waals surface area (Å²) in [5.41, 5.74) is 0.232. The van der Waals surface area contributed by atoms with Gasteiger partial charge in [-0.15, -0.1) is 0 Å². The summed E-state index contributed by atoms with van der Waals surface area (Å²) in [6.07, 6.45) is -0.483. The Labute approximate surface area is 120 Å². The van der Waals surface area contributed by atoms with Crippen molar-refractivity contribution in [3.63, 3.8) is 0 Å². The maximum absolute atomic E-state index is 12.1. The van der Waals surface area contributed by atoms with Gasteiger partial charge < -0.3 is 23.7 Å². The molecule has 0 bridgehead atoms. The van der Waals surface area contributed by atoms with E-state index in [4.69, 9.17) is 23.7 Å². The molecule has 0 radical (unpaired) electrons. The molecule has 7 nitrogen and oxygen atoms in total. The van der Waals surface area contributed by atoms with Crippen LogP contribution in [0.5, 0.6) is 17.2 Å². The molecule has 1 saturated heterocycles. The van der Waals surface area contributed by atoms with E-state index in [0.717, 1.165) is 0 Å². The molecule has 1 aromatic rings. The molecule has 0 saturated carbocycles. The van der Waals surface area contributed by atoms with Crippen LogP contribution in [0.2, 0.25) is 0 Å². The molecule has 7 heteroatoms. The minimum atomic E-state index is -0.850. The van der Waals surface area contributed by atoms with Crippen molar-refractivity contribution in [3.8, 4) is 17.2 Å². The average molecular weight is 294 g/mol. The smallest absolute Gasteiger partial charge is 0.347 e. The first-order chi connectivity index (χ1) is 10.2. The van der Waals surface area contributed by atoms with E-state index in [1.165, 1.54) is 19.2 Å². The second-order valence-electron chi connectivity index (χ2n) is 4.55. The van der Waals surface area contributed by atoms with Crippen LogP contribution in [0, 0.1) is 0 Å². The van der Waals surface area contributed by atoms with E-state index in [9.17, 15) is 9.59 Å². The van der Waals surface area contributed by atoms with Crippen LogP contribution in [-0.4, -0.2) is 45.0 Å². The van der Waals surface area contributed by atoms with Gasteiger partial charge in [0.2, 0.25) is 11.9 Å². The fourth-order valence-corrected chi connectivity index (χ4v) is 2.17. The number of hydrogen-bond acceptors (Lipinski definition) is 7. The highest BCUT2D eigenvalue weighted by molar-refractivity contribution is 5.93. The maximum Gasteiger partial charge on any atom is 0.347 e. The highest BCUT2D eigenvalue weighted by Crippen LogP contribution is 2.40. The number of carbonyl (C=O) groups is 2. The number of cyclic esters (lactones) is 1. The summed E-state index contributed by atoms with van der Waals surface area (Å²) in [6, 6.07) is 3.01. The van der Waals surface area contributed by atoms with E-state index in [1.54, 1.807) is 0 Å². The van der Waals surface area contributed by atoms with Crippen LogP contribution in [0.1, 0.15) is 16.8 Å². The second-order valence-corrected chi connectivity index (χ2v) is 4.55. The number of ether oxygens (including phenoxy) is 5. The fraction of sp³-hybridized carbons (Fsp3) is 0.429. The highest BCUT2D eigenvalue weighted by atomic mass is 16.6. The number of rotatable bonds is 3. The maximum atomic E-state index is 12.1. The Morgan fingerprint density at radius 2 is 2.00 bits per heavy atom. The van der Waals surface area contributed by atoms with Gasteiger partial charge in [-0.2, -0.15) is 0 Å². The topological polar surface area (TPSA) is 80.3 Å². The summed E-state index contributed by atoms with van der Waals surface area (Å²) in [4.78, 5) is 23.4. The normalized spacial score (nSPS) is 19.9. The number of carbonyl (C=O) groups excluding carboxylic acids is 2. The number of esters is 2. The summed E-state index contributed by atoms with van der Waals surface area (Å²) in [6.45, 7) is 1.08. The van der Waals surface area contributed by atoms with Gasteiger partial charge in [0.05, 0.1) is 19.3 Å². The third-order valence-electron chi connectivity index (χ3n) is 3.20. The van der Waals surface area contributed by atoms with E-state index >= 15 is 0 Å². The second kappa shape index (κ2) is 5.51. The molecule has 2 heterocycles. The molecular weight excluding hydrogens is 280 g/mol. The standard InChI is InChI=1S/C14H14O7/c1-17-10-6-8(7-11-12(10)19-5-4-18-11)13(15)21-9-2-3-20-14(9)16/h6-7,9H,2-5H2,1H3/t9-/m0/s1. The molecule has 0 aromatic heterocycles. The molecule has 2 aliphatic rings. The molecule has 0 amide bonds. The molecule has 0 unspecified atom stereocenters. The predicted octanol–water partition coefficient (Wildman–Crippen LogP) is 0.939. The summed E-state index contributed by atoms with van der Waals surface area (Å²) in [5.74, 6) is 0.109. The number of benzene rings is 1. The van der Waals surface area contributed by atoms with Crippen molar-refractivity contribution < 1.29 is 33.3 Å². The third-order valence-corrected chi connectivity index (χ3v) is 3.20. The van der Waals surface area contributed by atoms with Crippen LogP contribution in [0.3, 0.4) is 0 Å². The van der Waals surface area contributed by atoms with E-state index in [1.807, 2.05) is 0 Å². The SMILES string of the molecule is COc1cc(C(=O)O[C@H]2CCOC2=O)cc2c1OCCO2. The van der Waals surface area contributed by atoms with Gasteiger partial charge in [0.15, 0.2) is 11.5 Å². The molecule has 0 N–H and O–H groups in total. The summed E-state index contributed by atoms with van der Waals surface area (Å²) in [7, 11) is 1.47. The zero-order valence-corrected chi connectivity index (χ0v) is 11.4. The molecule has 1 aromatic carbocycles. The summed E-state index contributed by atoms with van der Waals surface area (Å²) in [5, 5.41) is 0. The molecule has 112 valence electrons. The lowest BCUT2D eigenvalue weighted by Crippen LogP contribution is -2.23. The van der Waals surface area contributed by atoms with Gasteiger partial charge in [-0.3, -0.25) is 0 Å². The molecule has 0 spiro atoms. The van der Waals surface area contributed by atoms with Crippen LogP contribution in [0.15, 0.2) is 12.1 Å². The molecular formula is C14H14O7. The van der Waals surface area contributed by atoms with E-state index < -0.39 is 18.0 Å². The van der Waals surface area contributed by atoms with E-state index in [2.05, 4.69) is 0 Å². The monoisotopic (exact) mass is 294 g/mol. The molecule has 1 fully saturated rings. The van der Waals surface area contributed by atoms with Crippen molar-refractivity contribution in [3.05, 3.63) is 17.7 Å². The first kappa shape index (κ1) is 13.5. The minimum Gasteiger partial charge on any atom is -0.493 e. The zero-order chi connectivity index (χ0) is 14.8. The van der Waals surface area contributed by atoms with Gasteiger partial charge in [0.25, 0.3) is 0 Å². The Morgan fingerprint density at radius 1 is 1.19 bits per heavy atom. The lowest BCUT2D eigenvalue weighted by molar-refractivity contribution is -0.145. The molecule has 1 atom stereocenters. The minimum absolute atomic E-state index is 0.232. The van der Waals surface area contributed by atoms with Crippen LogP contribution >= 0.6 is 0 Å². The Balaban J connectivity index is 1.84. The Kier molecular flexibility index (Phi) is 3.55. The van der Waals surface area contributed by atoms with Gasteiger partial charge in [-0.1, -0.05) is 0 Å². The van der Waals surface area contributed by atoms with Crippen LogP contribution in [0.25, 0.3) is 0 Å². The number of methoxy groups -OCH3 is 1. The van der Waals surface area contributed by atoms with Crippen molar-refractivity contribution in [2.75, 3.05) is 26.9 Å². The van der Waals surface area contributed by atoms with Gasteiger partial charge in [-0.25, -0.2) is 9.59 Å².